The molecule has 2 aliphatic rings. The highest BCUT2D eigenvalue weighted by molar-refractivity contribution is 6.35. The average molecular weight is 471 g/mol. The van der Waals surface area contributed by atoms with Crippen molar-refractivity contribution in [2.45, 2.75) is 45.5 Å². The topological polar surface area (TPSA) is 71.6 Å². The molecule has 172 valence electrons. The quantitative estimate of drug-likeness (QED) is 0.732. The van der Waals surface area contributed by atoms with Gasteiger partial charge in [0, 0.05) is 24.2 Å². The third kappa shape index (κ3) is 4.23. The van der Waals surface area contributed by atoms with E-state index >= 15 is 0 Å². The zero-order valence-electron chi connectivity index (χ0n) is 17.6. The SMILES string of the molecule is Cc1cc(C)c(CN2CCc3c(C(F)(F)F)cc(OC4CCOC4)c(Cl)c3C2=O)c(=O)[nH]1. The number of amides is 1. The van der Waals surface area contributed by atoms with Crippen LogP contribution in [0, 0.1) is 13.8 Å². The van der Waals surface area contributed by atoms with E-state index in [1.807, 2.05) is 0 Å². The third-order valence-electron chi connectivity index (χ3n) is 5.80. The van der Waals surface area contributed by atoms with Gasteiger partial charge < -0.3 is 19.4 Å². The molecule has 0 radical (unpaired) electrons. The second-order valence-corrected chi connectivity index (χ2v) is 8.49. The summed E-state index contributed by atoms with van der Waals surface area (Å²) in [5.41, 5.74) is 0.142. The zero-order valence-corrected chi connectivity index (χ0v) is 18.3. The number of H-pyrrole nitrogens is 1. The van der Waals surface area contributed by atoms with Gasteiger partial charge in [0.15, 0.2) is 0 Å². The number of halogens is 4. The molecule has 6 nitrogen and oxygen atoms in total. The summed E-state index contributed by atoms with van der Waals surface area (Å²) in [5, 5.41) is -0.149. The van der Waals surface area contributed by atoms with E-state index in [2.05, 4.69) is 4.98 Å². The highest BCUT2D eigenvalue weighted by Gasteiger charge is 2.40. The van der Waals surface area contributed by atoms with Crippen molar-refractivity contribution in [1.29, 1.82) is 0 Å². The first-order chi connectivity index (χ1) is 15.1. The molecule has 4 rings (SSSR count). The number of nitrogens with zero attached hydrogens (tertiary/aromatic N) is 1. The molecule has 1 unspecified atom stereocenters. The fourth-order valence-electron chi connectivity index (χ4n) is 4.20. The van der Waals surface area contributed by atoms with E-state index in [0.29, 0.717) is 29.8 Å². The van der Waals surface area contributed by atoms with Crippen LogP contribution in [0.25, 0.3) is 0 Å². The Morgan fingerprint density at radius 3 is 2.66 bits per heavy atom. The van der Waals surface area contributed by atoms with Gasteiger partial charge in [0.25, 0.3) is 11.5 Å². The van der Waals surface area contributed by atoms with Gasteiger partial charge in [0.2, 0.25) is 0 Å². The lowest BCUT2D eigenvalue weighted by Crippen LogP contribution is -2.40. The van der Waals surface area contributed by atoms with Gasteiger partial charge in [-0.25, -0.2) is 0 Å². The molecule has 1 aromatic carbocycles. The van der Waals surface area contributed by atoms with Crippen LogP contribution in [-0.4, -0.2) is 41.7 Å². The van der Waals surface area contributed by atoms with Crippen LogP contribution in [0.15, 0.2) is 16.9 Å². The Bertz CT molecular complexity index is 1120. The van der Waals surface area contributed by atoms with Gasteiger partial charge in [-0.2, -0.15) is 13.2 Å². The first-order valence-corrected chi connectivity index (χ1v) is 10.6. The van der Waals surface area contributed by atoms with Crippen LogP contribution in [0.2, 0.25) is 5.02 Å². The van der Waals surface area contributed by atoms with Crippen LogP contribution < -0.4 is 10.3 Å². The van der Waals surface area contributed by atoms with Gasteiger partial charge in [-0.15, -0.1) is 0 Å². The maximum Gasteiger partial charge on any atom is 0.416 e. The van der Waals surface area contributed by atoms with Gasteiger partial charge in [0.1, 0.15) is 11.9 Å². The second-order valence-electron chi connectivity index (χ2n) is 8.11. The number of benzene rings is 1. The summed E-state index contributed by atoms with van der Waals surface area (Å²) in [6.07, 6.45) is -4.63. The minimum atomic E-state index is -4.67. The Morgan fingerprint density at radius 2 is 2.03 bits per heavy atom. The van der Waals surface area contributed by atoms with Crippen molar-refractivity contribution in [3.63, 3.8) is 0 Å². The number of aromatic nitrogens is 1. The standard InChI is InChI=1S/C22H22ClF3N2O4/c1-11-7-12(2)27-20(29)15(11)9-28-5-3-14-16(22(24,25)26)8-17(19(23)18(14)21(28)30)32-13-4-6-31-10-13/h7-8,13H,3-6,9-10H2,1-2H3,(H,27,29). The number of fused-ring (bicyclic) bond motifs is 1. The number of ether oxygens (including phenoxy) is 2. The number of pyridine rings is 1. The molecule has 1 fully saturated rings. The zero-order chi connectivity index (χ0) is 23.2. The second kappa shape index (κ2) is 8.44. The number of rotatable bonds is 4. The summed E-state index contributed by atoms with van der Waals surface area (Å²) in [6, 6.07) is 2.65. The molecule has 2 aromatic rings. The van der Waals surface area contributed by atoms with E-state index < -0.39 is 23.8 Å². The lowest BCUT2D eigenvalue weighted by atomic mass is 9.92. The smallest absolute Gasteiger partial charge is 0.416 e. The Morgan fingerprint density at radius 1 is 1.28 bits per heavy atom. The van der Waals surface area contributed by atoms with E-state index in [1.165, 1.54) is 4.90 Å². The Balaban J connectivity index is 1.74. The number of hydrogen-bond acceptors (Lipinski definition) is 4. The molecule has 0 aliphatic carbocycles. The van der Waals surface area contributed by atoms with Crippen LogP contribution >= 0.6 is 11.6 Å². The average Bonchev–Trinajstić information content (AvgIpc) is 3.20. The minimum absolute atomic E-state index is 0.0288. The van der Waals surface area contributed by atoms with Gasteiger partial charge in [0.05, 0.1) is 35.9 Å². The van der Waals surface area contributed by atoms with Crippen molar-refractivity contribution in [1.82, 2.24) is 9.88 Å². The predicted octanol–water partition coefficient (Wildman–Crippen LogP) is 4.03. The fourth-order valence-corrected chi connectivity index (χ4v) is 4.50. The number of carbonyl (C=O) groups is 1. The maximum atomic E-state index is 13.8. The lowest BCUT2D eigenvalue weighted by Gasteiger charge is -2.32. The molecule has 0 spiro atoms. The van der Waals surface area contributed by atoms with Crippen molar-refractivity contribution in [3.05, 3.63) is 61.0 Å². The van der Waals surface area contributed by atoms with Crippen molar-refractivity contribution in [2.75, 3.05) is 19.8 Å². The first kappa shape index (κ1) is 22.7. The molecule has 1 amide bonds. The molecule has 1 aromatic heterocycles. The van der Waals surface area contributed by atoms with E-state index in [9.17, 15) is 22.8 Å². The molecule has 1 saturated heterocycles. The van der Waals surface area contributed by atoms with E-state index in [1.54, 1.807) is 19.9 Å². The maximum absolute atomic E-state index is 13.8. The van der Waals surface area contributed by atoms with Gasteiger partial charge in [-0.05, 0) is 43.5 Å². The van der Waals surface area contributed by atoms with Gasteiger partial charge >= 0.3 is 6.18 Å². The van der Waals surface area contributed by atoms with Gasteiger partial charge in [-0.3, -0.25) is 9.59 Å². The lowest BCUT2D eigenvalue weighted by molar-refractivity contribution is -0.138. The minimum Gasteiger partial charge on any atom is -0.486 e. The molecule has 2 aliphatic heterocycles. The number of carbonyl (C=O) groups excluding carboxylic acids is 1. The molecule has 0 bridgehead atoms. The molecular weight excluding hydrogens is 449 g/mol. The molecular formula is C22H22ClF3N2O4. The van der Waals surface area contributed by atoms with Crippen LogP contribution in [-0.2, 0) is 23.9 Å². The Hall–Kier alpha value is -2.52. The molecule has 3 heterocycles. The first-order valence-electron chi connectivity index (χ1n) is 10.2. The van der Waals surface area contributed by atoms with Crippen molar-refractivity contribution < 1.29 is 27.4 Å². The van der Waals surface area contributed by atoms with Crippen LogP contribution in [0.3, 0.4) is 0 Å². The van der Waals surface area contributed by atoms with Crippen LogP contribution in [0.1, 0.15) is 44.7 Å². The van der Waals surface area contributed by atoms with Crippen molar-refractivity contribution in [3.8, 4) is 5.75 Å². The Kier molecular flexibility index (Phi) is 5.98. The number of alkyl halides is 3. The Labute approximate surface area is 187 Å². The number of hydrogen-bond donors (Lipinski definition) is 1. The molecule has 1 N–H and O–H groups in total. The highest BCUT2D eigenvalue weighted by Crippen LogP contribution is 2.43. The predicted molar refractivity (Wildman–Crippen MR) is 111 cm³/mol. The van der Waals surface area contributed by atoms with Crippen LogP contribution in [0.4, 0.5) is 13.2 Å². The third-order valence-corrected chi connectivity index (χ3v) is 6.18. The molecule has 10 heteroatoms. The monoisotopic (exact) mass is 470 g/mol. The summed E-state index contributed by atoms with van der Waals surface area (Å²) >= 11 is 6.43. The fraction of sp³-hybridized carbons (Fsp3) is 0.455. The number of aryl methyl sites for hydroxylation is 2. The van der Waals surface area contributed by atoms with Gasteiger partial charge in [-0.1, -0.05) is 11.6 Å². The summed E-state index contributed by atoms with van der Waals surface area (Å²) in [7, 11) is 0. The molecule has 0 saturated carbocycles. The van der Waals surface area contributed by atoms with Crippen molar-refractivity contribution >= 4 is 17.5 Å². The summed E-state index contributed by atoms with van der Waals surface area (Å²) < 4.78 is 52.4. The van der Waals surface area contributed by atoms with E-state index in [0.717, 1.165) is 6.07 Å². The van der Waals surface area contributed by atoms with Crippen LogP contribution in [0.5, 0.6) is 5.75 Å². The summed E-state index contributed by atoms with van der Waals surface area (Å²) in [6.45, 7) is 4.19. The van der Waals surface area contributed by atoms with Crippen molar-refractivity contribution in [2.24, 2.45) is 0 Å². The largest absolute Gasteiger partial charge is 0.486 e. The molecule has 32 heavy (non-hydrogen) atoms. The number of nitrogens with one attached hydrogen (secondary N) is 1. The highest BCUT2D eigenvalue weighted by atomic mass is 35.5. The van der Waals surface area contributed by atoms with E-state index in [4.69, 9.17) is 21.1 Å². The van der Waals surface area contributed by atoms with E-state index in [-0.39, 0.29) is 53.6 Å². The normalized spacial score (nSPS) is 18.8. The summed E-state index contributed by atoms with van der Waals surface area (Å²) in [5.74, 6) is -0.845. The number of aromatic amines is 1. The summed E-state index contributed by atoms with van der Waals surface area (Å²) in [4.78, 5) is 29.7. The molecule has 1 atom stereocenters.